The van der Waals surface area contributed by atoms with Gasteiger partial charge < -0.3 is 10.1 Å². The molecule has 0 bridgehead atoms. The summed E-state index contributed by atoms with van der Waals surface area (Å²) in [6.45, 7) is 1.21. The van der Waals surface area contributed by atoms with Crippen LogP contribution in [0.3, 0.4) is 0 Å². The van der Waals surface area contributed by atoms with Gasteiger partial charge in [0.25, 0.3) is 5.69 Å². The number of nitrogens with one attached hydrogen (secondary N) is 1. The molecule has 0 amide bonds. The largest absolute Gasteiger partial charge is 0.491 e. The van der Waals surface area contributed by atoms with E-state index in [-0.39, 0.29) is 11.7 Å². The molecule has 1 atom stereocenters. The third-order valence-electron chi connectivity index (χ3n) is 3.49. The molecule has 0 fully saturated rings. The molecule has 1 heterocycles. The molecular formula is C15H13BrN2O3. The lowest BCUT2D eigenvalue weighted by Crippen LogP contribution is -2.22. The Morgan fingerprint density at radius 3 is 2.90 bits per heavy atom. The van der Waals surface area contributed by atoms with Crippen molar-refractivity contribution in [1.82, 2.24) is 5.32 Å². The van der Waals surface area contributed by atoms with Gasteiger partial charge in [0.1, 0.15) is 12.4 Å². The maximum Gasteiger partial charge on any atom is 0.270 e. The number of nitro benzene ring substituents is 1. The predicted molar refractivity (Wildman–Crippen MR) is 82.3 cm³/mol. The van der Waals surface area contributed by atoms with Crippen LogP contribution in [0.2, 0.25) is 0 Å². The summed E-state index contributed by atoms with van der Waals surface area (Å²) in [6.07, 6.45) is 0. The molecule has 0 radical (unpaired) electrons. The number of fused-ring (bicyclic) bond motifs is 1. The quantitative estimate of drug-likeness (QED) is 0.677. The summed E-state index contributed by atoms with van der Waals surface area (Å²) in [4.78, 5) is 10.3. The summed E-state index contributed by atoms with van der Waals surface area (Å²) in [5, 5.41) is 14.1. The zero-order valence-corrected chi connectivity index (χ0v) is 12.7. The molecule has 21 heavy (non-hydrogen) atoms. The smallest absolute Gasteiger partial charge is 0.270 e. The standard InChI is InChI=1S/C15H13BrN2O3/c16-13-7-11(18(19)20)6-5-10(13)8-17-14-9-21-15-4-2-1-3-12(14)15/h1-7,14,17H,8-9H2. The first-order valence-corrected chi connectivity index (χ1v) is 7.32. The molecule has 0 aliphatic carbocycles. The molecule has 3 rings (SSSR count). The van der Waals surface area contributed by atoms with E-state index in [4.69, 9.17) is 4.74 Å². The molecule has 0 saturated heterocycles. The van der Waals surface area contributed by atoms with Gasteiger partial charge in [-0.25, -0.2) is 0 Å². The van der Waals surface area contributed by atoms with Crippen molar-refractivity contribution in [2.24, 2.45) is 0 Å². The van der Waals surface area contributed by atoms with Crippen LogP contribution in [0.4, 0.5) is 5.69 Å². The minimum Gasteiger partial charge on any atom is -0.491 e. The molecule has 0 aromatic heterocycles. The molecule has 0 spiro atoms. The monoisotopic (exact) mass is 348 g/mol. The third kappa shape index (κ3) is 2.91. The molecule has 1 N–H and O–H groups in total. The van der Waals surface area contributed by atoms with Crippen LogP contribution in [-0.4, -0.2) is 11.5 Å². The molecule has 6 heteroatoms. The second kappa shape index (κ2) is 5.83. The number of para-hydroxylation sites is 1. The maximum absolute atomic E-state index is 10.7. The number of nitro groups is 1. The first-order valence-electron chi connectivity index (χ1n) is 6.53. The van der Waals surface area contributed by atoms with Crippen LogP contribution in [0.15, 0.2) is 46.9 Å². The van der Waals surface area contributed by atoms with Gasteiger partial charge >= 0.3 is 0 Å². The summed E-state index contributed by atoms with van der Waals surface area (Å²) in [5.74, 6) is 0.915. The number of hydrogen-bond donors (Lipinski definition) is 1. The number of halogens is 1. The van der Waals surface area contributed by atoms with E-state index in [2.05, 4.69) is 21.2 Å². The Morgan fingerprint density at radius 2 is 2.14 bits per heavy atom. The molecule has 1 aliphatic heterocycles. The Balaban J connectivity index is 1.70. The second-order valence-corrected chi connectivity index (χ2v) is 5.67. The second-order valence-electron chi connectivity index (χ2n) is 4.82. The highest BCUT2D eigenvalue weighted by Crippen LogP contribution is 2.32. The number of hydrogen-bond acceptors (Lipinski definition) is 4. The van der Waals surface area contributed by atoms with E-state index in [1.54, 1.807) is 6.07 Å². The Kier molecular flexibility index (Phi) is 3.90. The molecule has 5 nitrogen and oxygen atoms in total. The minimum absolute atomic E-state index is 0.0835. The SMILES string of the molecule is O=[N+]([O-])c1ccc(CNC2COc3ccccc32)c(Br)c1. The predicted octanol–water partition coefficient (Wildman–Crippen LogP) is 3.58. The Morgan fingerprint density at radius 1 is 1.33 bits per heavy atom. The van der Waals surface area contributed by atoms with Crippen LogP contribution < -0.4 is 10.1 Å². The average molecular weight is 349 g/mol. The number of ether oxygens (including phenoxy) is 1. The van der Waals surface area contributed by atoms with Crippen molar-refractivity contribution in [2.75, 3.05) is 6.61 Å². The first kappa shape index (κ1) is 14.0. The van der Waals surface area contributed by atoms with Crippen LogP contribution >= 0.6 is 15.9 Å². The van der Waals surface area contributed by atoms with Gasteiger partial charge in [-0.15, -0.1) is 0 Å². The van der Waals surface area contributed by atoms with E-state index in [9.17, 15) is 10.1 Å². The lowest BCUT2D eigenvalue weighted by molar-refractivity contribution is -0.384. The van der Waals surface area contributed by atoms with Crippen molar-refractivity contribution in [1.29, 1.82) is 0 Å². The van der Waals surface area contributed by atoms with Crippen molar-refractivity contribution < 1.29 is 9.66 Å². The Hall–Kier alpha value is -1.92. The molecule has 0 saturated carbocycles. The van der Waals surface area contributed by atoms with Gasteiger partial charge in [0.15, 0.2) is 0 Å². The lowest BCUT2D eigenvalue weighted by atomic mass is 10.1. The zero-order valence-electron chi connectivity index (χ0n) is 11.1. The normalized spacial score (nSPS) is 16.3. The first-order chi connectivity index (χ1) is 10.1. The van der Waals surface area contributed by atoms with Crippen LogP contribution in [0, 0.1) is 10.1 Å². The molecular weight excluding hydrogens is 336 g/mol. The fourth-order valence-corrected chi connectivity index (χ4v) is 2.86. The van der Waals surface area contributed by atoms with Crippen LogP contribution in [-0.2, 0) is 6.54 Å². The van der Waals surface area contributed by atoms with E-state index in [0.717, 1.165) is 21.3 Å². The maximum atomic E-state index is 10.7. The van der Waals surface area contributed by atoms with E-state index in [1.165, 1.54) is 12.1 Å². The van der Waals surface area contributed by atoms with E-state index < -0.39 is 4.92 Å². The van der Waals surface area contributed by atoms with Gasteiger partial charge in [-0.3, -0.25) is 10.1 Å². The van der Waals surface area contributed by atoms with Crippen molar-refractivity contribution in [2.45, 2.75) is 12.6 Å². The van der Waals surface area contributed by atoms with Crippen LogP contribution in [0.25, 0.3) is 0 Å². The zero-order chi connectivity index (χ0) is 14.8. The van der Waals surface area contributed by atoms with Crippen molar-refractivity contribution in [3.05, 3.63) is 68.2 Å². The average Bonchev–Trinajstić information content (AvgIpc) is 2.89. The molecule has 1 unspecified atom stereocenters. The van der Waals surface area contributed by atoms with Crippen LogP contribution in [0.5, 0.6) is 5.75 Å². The highest BCUT2D eigenvalue weighted by molar-refractivity contribution is 9.10. The van der Waals surface area contributed by atoms with E-state index in [1.807, 2.05) is 24.3 Å². The van der Waals surface area contributed by atoms with Crippen molar-refractivity contribution >= 4 is 21.6 Å². The van der Waals surface area contributed by atoms with Gasteiger partial charge in [-0.1, -0.05) is 34.1 Å². The van der Waals surface area contributed by atoms with Gasteiger partial charge in [-0.05, 0) is 17.7 Å². The Bertz CT molecular complexity index is 690. The summed E-state index contributed by atoms with van der Waals surface area (Å²) in [5.41, 5.74) is 2.21. The molecule has 1 aliphatic rings. The Labute approximate surface area is 130 Å². The molecule has 108 valence electrons. The van der Waals surface area contributed by atoms with E-state index >= 15 is 0 Å². The summed E-state index contributed by atoms with van der Waals surface area (Å²) in [7, 11) is 0. The van der Waals surface area contributed by atoms with Crippen molar-refractivity contribution in [3.8, 4) is 5.75 Å². The highest BCUT2D eigenvalue weighted by atomic mass is 79.9. The fraction of sp³-hybridized carbons (Fsp3) is 0.200. The molecule has 2 aromatic carbocycles. The topological polar surface area (TPSA) is 64.4 Å². The number of nitrogens with zero attached hydrogens (tertiary/aromatic N) is 1. The van der Waals surface area contributed by atoms with Gasteiger partial charge in [-0.2, -0.15) is 0 Å². The highest BCUT2D eigenvalue weighted by Gasteiger charge is 2.23. The van der Waals surface area contributed by atoms with Gasteiger partial charge in [0.2, 0.25) is 0 Å². The minimum atomic E-state index is -0.400. The summed E-state index contributed by atoms with van der Waals surface area (Å²) < 4.78 is 6.35. The number of benzene rings is 2. The van der Waals surface area contributed by atoms with Crippen LogP contribution in [0.1, 0.15) is 17.2 Å². The lowest BCUT2D eigenvalue weighted by Gasteiger charge is -2.12. The number of rotatable bonds is 4. The number of non-ortho nitro benzene ring substituents is 1. The summed E-state index contributed by atoms with van der Waals surface area (Å²) in [6, 6.07) is 12.9. The third-order valence-corrected chi connectivity index (χ3v) is 4.22. The molecule has 2 aromatic rings. The van der Waals surface area contributed by atoms with Gasteiger partial charge in [0.05, 0.1) is 11.0 Å². The van der Waals surface area contributed by atoms with E-state index in [0.29, 0.717) is 13.2 Å². The fourth-order valence-electron chi connectivity index (χ4n) is 2.36. The summed E-state index contributed by atoms with van der Waals surface area (Å²) >= 11 is 3.38. The van der Waals surface area contributed by atoms with Gasteiger partial charge in [0, 0.05) is 28.7 Å². The van der Waals surface area contributed by atoms with Crippen molar-refractivity contribution in [3.63, 3.8) is 0 Å².